The molecule has 0 radical (unpaired) electrons. The zero-order chi connectivity index (χ0) is 10.9. The van der Waals surface area contributed by atoms with Crippen molar-refractivity contribution in [2.24, 2.45) is 0 Å². The summed E-state index contributed by atoms with van der Waals surface area (Å²) in [6.45, 7) is 5.84. The van der Waals surface area contributed by atoms with Crippen molar-refractivity contribution in [3.05, 3.63) is 47.5 Å². The Morgan fingerprint density at radius 2 is 1.93 bits per heavy atom. The van der Waals surface area contributed by atoms with Crippen LogP contribution >= 0.6 is 0 Å². The lowest BCUT2D eigenvalue weighted by Crippen LogP contribution is -1.94. The van der Waals surface area contributed by atoms with E-state index in [9.17, 15) is 0 Å². The highest BCUT2D eigenvalue weighted by atomic mass is 16.5. The van der Waals surface area contributed by atoms with Gasteiger partial charge in [-0.1, -0.05) is 42.0 Å². The van der Waals surface area contributed by atoms with Crippen LogP contribution in [-0.4, -0.2) is 6.61 Å². The van der Waals surface area contributed by atoms with Crippen molar-refractivity contribution >= 4 is 0 Å². The van der Waals surface area contributed by atoms with E-state index in [0.29, 0.717) is 0 Å². The fraction of sp³-hybridized carbons (Fsp3) is 0.429. The molecule has 0 saturated heterocycles. The number of hydrogen-bond donors (Lipinski definition) is 0. The van der Waals surface area contributed by atoms with Gasteiger partial charge in [-0.25, -0.2) is 0 Å². The summed E-state index contributed by atoms with van der Waals surface area (Å²) in [5, 5.41) is 0. The smallest absolute Gasteiger partial charge is 0.0716 e. The fourth-order valence-electron chi connectivity index (χ4n) is 1.34. The number of ether oxygens (including phenoxy) is 1. The number of hydrogen-bond acceptors (Lipinski definition) is 1. The second kappa shape index (κ2) is 7.24. The van der Waals surface area contributed by atoms with Gasteiger partial charge in [0.2, 0.25) is 0 Å². The minimum atomic E-state index is 0.732. The van der Waals surface area contributed by atoms with Crippen LogP contribution in [0.4, 0.5) is 0 Å². The van der Waals surface area contributed by atoms with Crippen molar-refractivity contribution in [1.82, 2.24) is 0 Å². The van der Waals surface area contributed by atoms with Crippen molar-refractivity contribution in [1.29, 1.82) is 0 Å². The maximum absolute atomic E-state index is 5.57. The number of benzene rings is 1. The van der Waals surface area contributed by atoms with Gasteiger partial charge in [0.25, 0.3) is 0 Å². The Balaban J connectivity index is 2.05. The molecule has 0 aromatic heterocycles. The third-order valence-corrected chi connectivity index (χ3v) is 2.16. The average molecular weight is 204 g/mol. The molecule has 0 aliphatic carbocycles. The molecule has 0 atom stereocenters. The molecule has 1 heteroatoms. The summed E-state index contributed by atoms with van der Waals surface area (Å²) in [5.41, 5.74) is 2.64. The third kappa shape index (κ3) is 6.08. The van der Waals surface area contributed by atoms with Gasteiger partial charge in [-0.05, 0) is 32.3 Å². The molecule has 0 aliphatic rings. The molecule has 1 aromatic carbocycles. The van der Waals surface area contributed by atoms with Crippen molar-refractivity contribution in [2.45, 2.75) is 33.3 Å². The van der Waals surface area contributed by atoms with Gasteiger partial charge in [0, 0.05) is 6.61 Å². The Hall–Kier alpha value is -1.08. The van der Waals surface area contributed by atoms with Gasteiger partial charge >= 0.3 is 0 Å². The van der Waals surface area contributed by atoms with Crippen LogP contribution in [0.25, 0.3) is 0 Å². The third-order valence-electron chi connectivity index (χ3n) is 2.16. The quantitative estimate of drug-likeness (QED) is 0.503. The molecule has 0 heterocycles. The average Bonchev–Trinajstić information content (AvgIpc) is 2.24. The molecule has 0 N–H and O–H groups in total. The van der Waals surface area contributed by atoms with Crippen LogP contribution in [0.1, 0.15) is 32.3 Å². The molecule has 1 rings (SSSR count). The number of allylic oxidation sites excluding steroid dienone is 2. The lowest BCUT2D eigenvalue weighted by atomic mass is 10.2. The number of unbranched alkanes of at least 4 members (excludes halogenated alkanes) is 1. The van der Waals surface area contributed by atoms with E-state index in [-0.39, 0.29) is 0 Å². The molecule has 0 spiro atoms. The van der Waals surface area contributed by atoms with Crippen molar-refractivity contribution in [3.63, 3.8) is 0 Å². The van der Waals surface area contributed by atoms with Crippen LogP contribution in [-0.2, 0) is 11.3 Å². The van der Waals surface area contributed by atoms with Crippen molar-refractivity contribution < 1.29 is 4.74 Å². The lowest BCUT2D eigenvalue weighted by molar-refractivity contribution is 0.119. The molecule has 1 aromatic rings. The molecule has 0 saturated carbocycles. The summed E-state index contributed by atoms with van der Waals surface area (Å²) >= 11 is 0. The van der Waals surface area contributed by atoms with Crippen LogP contribution in [0.5, 0.6) is 0 Å². The van der Waals surface area contributed by atoms with Gasteiger partial charge in [0.05, 0.1) is 6.61 Å². The minimum Gasteiger partial charge on any atom is -0.377 e. The molecule has 15 heavy (non-hydrogen) atoms. The first-order valence-corrected chi connectivity index (χ1v) is 5.54. The Morgan fingerprint density at radius 3 is 2.60 bits per heavy atom. The standard InChI is InChI=1S/C14H20O/c1-13(2)8-6-7-11-15-12-14-9-4-3-5-10-14/h3-5,8-10H,6-7,11-12H2,1-2H3. The largest absolute Gasteiger partial charge is 0.377 e. The van der Waals surface area contributed by atoms with Gasteiger partial charge in [0.1, 0.15) is 0 Å². The van der Waals surface area contributed by atoms with E-state index < -0.39 is 0 Å². The van der Waals surface area contributed by atoms with E-state index in [2.05, 4.69) is 32.1 Å². The summed E-state index contributed by atoms with van der Waals surface area (Å²) in [7, 11) is 0. The van der Waals surface area contributed by atoms with Gasteiger partial charge < -0.3 is 4.74 Å². The molecule has 0 aliphatic heterocycles. The molecule has 82 valence electrons. The predicted octanol–water partition coefficient (Wildman–Crippen LogP) is 3.95. The summed E-state index contributed by atoms with van der Waals surface area (Å²) in [5.74, 6) is 0. The second-order valence-corrected chi connectivity index (χ2v) is 3.96. The van der Waals surface area contributed by atoms with E-state index >= 15 is 0 Å². The number of rotatable bonds is 6. The lowest BCUT2D eigenvalue weighted by Gasteiger charge is -2.02. The summed E-state index contributed by atoms with van der Waals surface area (Å²) in [6, 6.07) is 10.3. The highest BCUT2D eigenvalue weighted by Crippen LogP contribution is 2.02. The Labute approximate surface area is 92.8 Å². The van der Waals surface area contributed by atoms with Gasteiger partial charge in [-0.2, -0.15) is 0 Å². The zero-order valence-corrected chi connectivity index (χ0v) is 9.70. The van der Waals surface area contributed by atoms with Gasteiger partial charge in [-0.3, -0.25) is 0 Å². The normalized spacial score (nSPS) is 10.0. The van der Waals surface area contributed by atoms with Crippen LogP contribution in [0.3, 0.4) is 0 Å². The van der Waals surface area contributed by atoms with Gasteiger partial charge in [0.15, 0.2) is 0 Å². The maximum atomic E-state index is 5.57. The Morgan fingerprint density at radius 1 is 1.20 bits per heavy atom. The highest BCUT2D eigenvalue weighted by Gasteiger charge is 1.91. The molecular weight excluding hydrogens is 184 g/mol. The SMILES string of the molecule is CC(C)=CCCCOCc1ccccc1. The van der Waals surface area contributed by atoms with Crippen LogP contribution in [0.2, 0.25) is 0 Å². The van der Waals surface area contributed by atoms with E-state index in [4.69, 9.17) is 4.74 Å². The first-order chi connectivity index (χ1) is 7.29. The summed E-state index contributed by atoms with van der Waals surface area (Å²) < 4.78 is 5.57. The van der Waals surface area contributed by atoms with Gasteiger partial charge in [-0.15, -0.1) is 0 Å². The fourth-order valence-corrected chi connectivity index (χ4v) is 1.34. The van der Waals surface area contributed by atoms with E-state index in [1.165, 1.54) is 11.1 Å². The molecule has 0 unspecified atom stereocenters. The monoisotopic (exact) mass is 204 g/mol. The minimum absolute atomic E-state index is 0.732. The van der Waals surface area contributed by atoms with Crippen molar-refractivity contribution in [2.75, 3.05) is 6.61 Å². The Bertz CT molecular complexity index is 283. The highest BCUT2D eigenvalue weighted by molar-refractivity contribution is 5.13. The second-order valence-electron chi connectivity index (χ2n) is 3.96. The predicted molar refractivity (Wildman–Crippen MR) is 64.8 cm³/mol. The molecule has 0 amide bonds. The van der Waals surface area contributed by atoms with E-state index in [1.54, 1.807) is 0 Å². The van der Waals surface area contributed by atoms with E-state index in [1.807, 2.05) is 18.2 Å². The summed E-state index contributed by atoms with van der Waals surface area (Å²) in [4.78, 5) is 0. The van der Waals surface area contributed by atoms with E-state index in [0.717, 1.165) is 26.1 Å². The molecule has 0 fully saturated rings. The maximum Gasteiger partial charge on any atom is 0.0716 e. The molecule has 1 nitrogen and oxygen atoms in total. The van der Waals surface area contributed by atoms with Crippen LogP contribution < -0.4 is 0 Å². The van der Waals surface area contributed by atoms with Crippen LogP contribution in [0, 0.1) is 0 Å². The molecular formula is C14H20O. The van der Waals surface area contributed by atoms with Crippen molar-refractivity contribution in [3.8, 4) is 0 Å². The first kappa shape index (κ1) is 12.0. The Kier molecular flexibility index (Phi) is 5.79. The first-order valence-electron chi connectivity index (χ1n) is 5.54. The summed E-state index contributed by atoms with van der Waals surface area (Å²) in [6.07, 6.45) is 4.49. The van der Waals surface area contributed by atoms with Crippen LogP contribution in [0.15, 0.2) is 42.0 Å². The topological polar surface area (TPSA) is 9.23 Å². The zero-order valence-electron chi connectivity index (χ0n) is 9.70. The molecule has 0 bridgehead atoms.